The predicted molar refractivity (Wildman–Crippen MR) is 533 cm³/mol. The number of rotatable bonds is 11. The van der Waals surface area contributed by atoms with Gasteiger partial charge in [0.05, 0.1) is 0 Å². The lowest BCUT2D eigenvalue weighted by molar-refractivity contribution is -0.0126. The van der Waals surface area contributed by atoms with Gasteiger partial charge in [0.25, 0.3) is 0 Å². The number of hydrogen-bond acceptors (Lipinski definition) is 0. The van der Waals surface area contributed by atoms with E-state index in [4.69, 9.17) is 0 Å². The van der Waals surface area contributed by atoms with Gasteiger partial charge < -0.3 is 0 Å². The fourth-order valence-electron chi connectivity index (χ4n) is 33.5. The van der Waals surface area contributed by atoms with Crippen LogP contribution in [-0.2, 0) is 0 Å². The minimum Gasteiger partial charge on any atom is -0.0628 e. The molecule has 0 heteroatoms. The summed E-state index contributed by atoms with van der Waals surface area (Å²) in [4.78, 5) is 0. The molecule has 20 rings (SSSR count). The zero-order valence-electron chi connectivity index (χ0n) is 87.2. The summed E-state index contributed by atoms with van der Waals surface area (Å²) >= 11 is 0. The van der Waals surface area contributed by atoms with Gasteiger partial charge >= 0.3 is 0 Å². The highest BCUT2D eigenvalue weighted by Crippen LogP contribution is 2.60. The van der Waals surface area contributed by atoms with Gasteiger partial charge in [-0.15, -0.1) is 0 Å². The first-order valence-corrected chi connectivity index (χ1v) is 56.1. The van der Waals surface area contributed by atoms with E-state index in [-0.39, 0.29) is 0 Å². The topological polar surface area (TPSA) is 0 Å². The largest absolute Gasteiger partial charge is 0.0628 e. The maximum Gasteiger partial charge on any atom is -0.0295 e. The lowest BCUT2D eigenvalue weighted by Crippen LogP contribution is -2.42. The lowest BCUT2D eigenvalue weighted by atomic mass is 9.54. The SMILES string of the molecule is CC(C)(C)CC1C2CCCC1C2.CC(C)(C)CC1C2CCCC1CC2.CC(C)(C)CC1CC2CCC(C2)C1.CC(C)(C)CC1CC2CCC1C2.CC(C)(C)CC1CCC2(CCCC2)C1.CC(C)(C)CC1CCC2(CCCC2)CC1.CC(C)(C)CC1CCC2(CCCCC2)C1.CC(C)CC1CC2CCC1CC2.CC(C)CC1CCCC2(CCCC2)C1. The summed E-state index contributed by atoms with van der Waals surface area (Å²) in [6.07, 6.45) is 96.5. The monoisotopic (exact) mass is 1660 g/mol. The highest BCUT2D eigenvalue weighted by atomic mass is 14.5. The summed E-state index contributed by atoms with van der Waals surface area (Å²) in [5, 5.41) is 0. The molecule has 0 aromatic carbocycles. The predicted octanol–water partition coefficient (Wildman–Crippen LogP) is 40.0. The molecule has 20 aliphatic carbocycles. The fraction of sp³-hybridized carbons (Fsp3) is 1.00. The summed E-state index contributed by atoms with van der Waals surface area (Å²) in [5.41, 5.74) is 7.19. The fourth-order valence-corrected chi connectivity index (χ4v) is 33.5. The third-order valence-corrected chi connectivity index (χ3v) is 37.8. The first kappa shape index (κ1) is 102. The highest BCUT2D eigenvalue weighted by molar-refractivity contribution is 5.00. The molecule has 0 aliphatic heterocycles. The lowest BCUT2D eigenvalue weighted by Gasteiger charge is -2.51. The third-order valence-electron chi connectivity index (χ3n) is 37.8. The van der Waals surface area contributed by atoms with Crippen LogP contribution in [0.2, 0.25) is 0 Å². The summed E-state index contributed by atoms with van der Waals surface area (Å²) < 4.78 is 0. The standard InChI is InChI=1S/2C15H28.2C14H26.2C13H24.3C12H22/c1-14(2,3)12-13-6-10-15(11-7-13)8-4-5-9-15;1-14(2,3)11-13-7-10-15(12-13)8-5-4-6-9-15;1-13(2,3)10-12-6-9-14(11-12)7-4-5-8-14;1-12(2)10-13-6-5-9-14(11-13)7-3-4-8-14;1-13(2,3)9-12-7-10-4-5-11(6-10)8-12;1-13(2,3)9-12-10-5-4-6-11(12)8-7-10;1-12(2,3)8-11-7-9-4-5-10(11)6-9;1-12(2,3)8-11-9-5-4-6-10(11)7-9;1-9(2)7-12-8-10-3-5-11(12)6-4-10/h2*13H,4-12H2,1-3H3;12H,4-11H2,1-3H3;12-13H,3-11H2,1-2H3;2*10-12H,4-9H2,1-3H3;2*9-11H,4-8H2,1-3H3;9-12H,3-8H2,1-2H3. The van der Waals surface area contributed by atoms with Gasteiger partial charge in [-0.1, -0.05) is 314 Å². The molecule has 0 amide bonds. The van der Waals surface area contributed by atoms with Crippen LogP contribution in [0.3, 0.4) is 0 Å². The molecule has 702 valence electrons. The van der Waals surface area contributed by atoms with E-state index >= 15 is 0 Å². The van der Waals surface area contributed by atoms with Gasteiger partial charge in [-0.05, 0) is 447 Å². The quantitative estimate of drug-likeness (QED) is 0.193. The summed E-state index contributed by atoms with van der Waals surface area (Å²) in [7, 11) is 0. The summed E-state index contributed by atoms with van der Waals surface area (Å²) in [5.74, 6) is 22.7. The number of fused-ring (bicyclic) bond motifs is 11. The van der Waals surface area contributed by atoms with Crippen LogP contribution in [0, 0.1) is 184 Å². The molecule has 0 heterocycles. The van der Waals surface area contributed by atoms with Crippen LogP contribution in [0.4, 0.5) is 0 Å². The van der Waals surface area contributed by atoms with Crippen molar-refractivity contribution in [1.29, 1.82) is 0 Å². The molecule has 0 aromatic rings. The molecular weight excluding hydrogens is 1440 g/mol. The summed E-state index contributed by atoms with van der Waals surface area (Å²) in [6.45, 7) is 59.8. The van der Waals surface area contributed by atoms with Crippen molar-refractivity contribution in [2.45, 2.75) is 578 Å². The molecule has 0 nitrogen and oxygen atoms in total. The van der Waals surface area contributed by atoms with Crippen molar-refractivity contribution in [2.75, 3.05) is 0 Å². The second-order valence-corrected chi connectivity index (χ2v) is 59.1. The average molecular weight is 1670 g/mol. The first-order valence-electron chi connectivity index (χ1n) is 56.1. The van der Waals surface area contributed by atoms with Gasteiger partial charge in [0, 0.05) is 0 Å². The molecule has 13 atom stereocenters. The normalized spacial score (nSPS) is 35.4. The maximum atomic E-state index is 2.40. The Morgan fingerprint density at radius 1 is 0.200 bits per heavy atom. The van der Waals surface area contributed by atoms with Crippen LogP contribution in [-0.4, -0.2) is 0 Å². The zero-order chi connectivity index (χ0) is 87.2. The Hall–Kier alpha value is 0. The first-order chi connectivity index (χ1) is 56.1. The van der Waals surface area contributed by atoms with E-state index in [9.17, 15) is 0 Å². The molecule has 20 saturated carbocycles. The minimum atomic E-state index is 0.546. The van der Waals surface area contributed by atoms with E-state index in [1.165, 1.54) is 193 Å². The van der Waals surface area contributed by atoms with Crippen LogP contribution >= 0.6 is 0 Å². The molecule has 4 spiro atoms. The Kier molecular flexibility index (Phi) is 38.2. The van der Waals surface area contributed by atoms with Crippen molar-refractivity contribution in [2.24, 2.45) is 184 Å². The Morgan fingerprint density at radius 2 is 0.525 bits per heavy atom. The Labute approximate surface area is 756 Å². The van der Waals surface area contributed by atoms with Crippen LogP contribution in [0.5, 0.6) is 0 Å². The molecule has 0 N–H and O–H groups in total. The van der Waals surface area contributed by atoms with E-state index in [1.807, 2.05) is 0 Å². The summed E-state index contributed by atoms with van der Waals surface area (Å²) in [6, 6.07) is 0. The van der Waals surface area contributed by atoms with E-state index in [1.54, 1.807) is 212 Å². The molecule has 0 aromatic heterocycles. The van der Waals surface area contributed by atoms with Crippen molar-refractivity contribution >= 4 is 0 Å². The van der Waals surface area contributed by atoms with E-state index < -0.39 is 0 Å². The molecule has 120 heavy (non-hydrogen) atoms. The molecular formula is C120H222. The van der Waals surface area contributed by atoms with E-state index in [0.717, 1.165) is 146 Å². The van der Waals surface area contributed by atoms with E-state index in [0.29, 0.717) is 37.9 Å². The third kappa shape index (κ3) is 34.9. The van der Waals surface area contributed by atoms with Crippen molar-refractivity contribution in [3.05, 3.63) is 0 Å². The van der Waals surface area contributed by atoms with Crippen LogP contribution in [0.1, 0.15) is 578 Å². The van der Waals surface area contributed by atoms with E-state index in [2.05, 4.69) is 173 Å². The second-order valence-electron chi connectivity index (χ2n) is 59.1. The molecule has 10 bridgehead atoms. The van der Waals surface area contributed by atoms with Gasteiger partial charge in [0.1, 0.15) is 0 Å². The van der Waals surface area contributed by atoms with Gasteiger partial charge in [-0.25, -0.2) is 0 Å². The average Bonchev–Trinajstić information content (AvgIpc) is 1.29. The van der Waals surface area contributed by atoms with Crippen molar-refractivity contribution in [3.8, 4) is 0 Å². The van der Waals surface area contributed by atoms with Crippen LogP contribution in [0.15, 0.2) is 0 Å². The van der Waals surface area contributed by atoms with Crippen LogP contribution in [0.25, 0.3) is 0 Å². The minimum absolute atomic E-state index is 0.546. The molecule has 20 fully saturated rings. The molecule has 0 saturated heterocycles. The maximum absolute atomic E-state index is 2.40. The molecule has 20 aliphatic rings. The second kappa shape index (κ2) is 44.9. The smallest absolute Gasteiger partial charge is 0.0295 e. The zero-order valence-corrected chi connectivity index (χ0v) is 87.2. The van der Waals surface area contributed by atoms with Gasteiger partial charge in [0.2, 0.25) is 0 Å². The Balaban J connectivity index is 0.000000142. The van der Waals surface area contributed by atoms with Gasteiger partial charge in [-0.3, -0.25) is 0 Å². The van der Waals surface area contributed by atoms with Gasteiger partial charge in [-0.2, -0.15) is 0 Å². The molecule has 0 radical (unpaired) electrons. The molecule has 13 unspecified atom stereocenters. The van der Waals surface area contributed by atoms with Crippen molar-refractivity contribution in [3.63, 3.8) is 0 Å². The Bertz CT molecular complexity index is 2730. The van der Waals surface area contributed by atoms with Crippen LogP contribution < -0.4 is 0 Å². The van der Waals surface area contributed by atoms with Crippen molar-refractivity contribution in [1.82, 2.24) is 0 Å². The highest BCUT2D eigenvalue weighted by Gasteiger charge is 2.48. The number of hydrogen-bond donors (Lipinski definition) is 0. The van der Waals surface area contributed by atoms with Crippen molar-refractivity contribution < 1.29 is 0 Å². The Morgan fingerprint density at radius 3 is 0.925 bits per heavy atom. The van der Waals surface area contributed by atoms with Gasteiger partial charge in [0.15, 0.2) is 0 Å².